The summed E-state index contributed by atoms with van der Waals surface area (Å²) in [6.45, 7) is 5.25. The van der Waals surface area contributed by atoms with Gasteiger partial charge in [-0.25, -0.2) is 9.59 Å². The largest absolute Gasteiger partial charge is 0.493 e. The van der Waals surface area contributed by atoms with Crippen molar-refractivity contribution in [2.45, 2.75) is 32.9 Å². The summed E-state index contributed by atoms with van der Waals surface area (Å²) < 4.78 is 21.5. The lowest BCUT2D eigenvalue weighted by atomic mass is 9.94. The number of allylic oxidation sites excluding steroid dienone is 1. The Hall–Kier alpha value is -2.90. The number of esters is 1. The number of urea groups is 1. The topological polar surface area (TPSA) is 86.3 Å². The van der Waals surface area contributed by atoms with E-state index in [9.17, 15) is 9.59 Å². The zero-order valence-electron chi connectivity index (χ0n) is 16.7. The summed E-state index contributed by atoms with van der Waals surface area (Å²) in [4.78, 5) is 26.5. The first-order valence-corrected chi connectivity index (χ1v) is 8.51. The summed E-state index contributed by atoms with van der Waals surface area (Å²) in [6, 6.07) is 2.36. The first kappa shape index (κ1) is 20.4. The quantitative estimate of drug-likeness (QED) is 0.766. The highest BCUT2D eigenvalue weighted by Gasteiger charge is 2.36. The van der Waals surface area contributed by atoms with E-state index in [-0.39, 0.29) is 12.1 Å². The molecule has 8 nitrogen and oxygen atoms in total. The molecule has 0 unspecified atom stereocenters. The molecule has 1 aliphatic heterocycles. The second kappa shape index (κ2) is 8.20. The predicted molar refractivity (Wildman–Crippen MR) is 99.1 cm³/mol. The molecule has 2 amide bonds. The number of carbonyl (C=O) groups is 2. The van der Waals surface area contributed by atoms with Crippen molar-refractivity contribution in [1.82, 2.24) is 10.2 Å². The summed E-state index contributed by atoms with van der Waals surface area (Å²) in [5.74, 6) is 0.784. The van der Waals surface area contributed by atoms with E-state index in [1.807, 2.05) is 0 Å². The summed E-state index contributed by atoms with van der Waals surface area (Å²) in [5.41, 5.74) is 1.48. The van der Waals surface area contributed by atoms with Gasteiger partial charge in [0, 0.05) is 12.7 Å². The highest BCUT2D eigenvalue weighted by molar-refractivity contribution is 5.95. The zero-order valence-corrected chi connectivity index (χ0v) is 16.7. The molecule has 0 bridgehead atoms. The molecule has 0 radical (unpaired) electrons. The fourth-order valence-corrected chi connectivity index (χ4v) is 2.90. The third-order valence-corrected chi connectivity index (χ3v) is 4.34. The van der Waals surface area contributed by atoms with Gasteiger partial charge in [0.25, 0.3) is 0 Å². The summed E-state index contributed by atoms with van der Waals surface area (Å²) in [7, 11) is 6.11. The molecule has 1 aliphatic rings. The summed E-state index contributed by atoms with van der Waals surface area (Å²) in [6.07, 6.45) is -0.290. The Morgan fingerprint density at radius 2 is 1.67 bits per heavy atom. The van der Waals surface area contributed by atoms with Gasteiger partial charge in [0.1, 0.15) is 0 Å². The molecule has 1 aromatic carbocycles. The third kappa shape index (κ3) is 3.94. The number of nitrogens with one attached hydrogen (secondary N) is 1. The van der Waals surface area contributed by atoms with Crippen LogP contribution in [-0.4, -0.2) is 51.4 Å². The van der Waals surface area contributed by atoms with E-state index in [0.29, 0.717) is 34.1 Å². The molecule has 8 heteroatoms. The maximum Gasteiger partial charge on any atom is 0.338 e. The minimum atomic E-state index is -0.714. The Bertz CT molecular complexity index is 746. The van der Waals surface area contributed by atoms with Gasteiger partial charge in [-0.05, 0) is 38.5 Å². The molecule has 148 valence electrons. The van der Waals surface area contributed by atoms with Gasteiger partial charge in [0.15, 0.2) is 11.5 Å². The molecule has 0 fully saturated rings. The number of carbonyl (C=O) groups excluding carboxylic acids is 2. The van der Waals surface area contributed by atoms with Crippen molar-refractivity contribution >= 4 is 12.0 Å². The third-order valence-electron chi connectivity index (χ3n) is 4.34. The zero-order chi connectivity index (χ0) is 20.3. The Kier molecular flexibility index (Phi) is 6.20. The smallest absolute Gasteiger partial charge is 0.338 e. The van der Waals surface area contributed by atoms with Crippen molar-refractivity contribution in [3.63, 3.8) is 0 Å². The van der Waals surface area contributed by atoms with E-state index in [4.69, 9.17) is 18.9 Å². The van der Waals surface area contributed by atoms with Crippen LogP contribution in [0.4, 0.5) is 4.79 Å². The highest BCUT2D eigenvalue weighted by atomic mass is 16.5. The fraction of sp³-hybridized carbons (Fsp3) is 0.474. The van der Waals surface area contributed by atoms with Gasteiger partial charge in [-0.2, -0.15) is 0 Å². The maximum atomic E-state index is 12.7. The van der Waals surface area contributed by atoms with Gasteiger partial charge < -0.3 is 29.2 Å². The molecular weight excluding hydrogens is 352 g/mol. The maximum absolute atomic E-state index is 12.7. The Morgan fingerprint density at radius 1 is 1.11 bits per heavy atom. The SMILES string of the molecule is COc1cc([C@H]2NC(=O)N(C)C(C)=C2C(=O)OC(C)C)cc(OC)c1OC. The minimum Gasteiger partial charge on any atom is -0.493 e. The van der Waals surface area contributed by atoms with Gasteiger partial charge in [0.2, 0.25) is 5.75 Å². The Morgan fingerprint density at radius 3 is 2.11 bits per heavy atom. The van der Waals surface area contributed by atoms with Gasteiger partial charge in [-0.15, -0.1) is 0 Å². The monoisotopic (exact) mass is 378 g/mol. The van der Waals surface area contributed by atoms with Crippen molar-refractivity contribution in [1.29, 1.82) is 0 Å². The number of hydrogen-bond donors (Lipinski definition) is 1. The normalized spacial score (nSPS) is 17.0. The van der Waals surface area contributed by atoms with Crippen LogP contribution in [0.5, 0.6) is 17.2 Å². The van der Waals surface area contributed by atoms with Crippen molar-refractivity contribution in [2.24, 2.45) is 0 Å². The molecule has 0 aliphatic carbocycles. The molecule has 1 aromatic rings. The number of methoxy groups -OCH3 is 3. The number of amides is 2. The van der Waals surface area contributed by atoms with E-state index in [2.05, 4.69) is 5.32 Å². The van der Waals surface area contributed by atoms with Crippen LogP contribution < -0.4 is 19.5 Å². The lowest BCUT2D eigenvalue weighted by molar-refractivity contribution is -0.143. The Balaban J connectivity index is 2.63. The number of rotatable bonds is 6. The van der Waals surface area contributed by atoms with Crippen LogP contribution in [0.3, 0.4) is 0 Å². The van der Waals surface area contributed by atoms with Crippen LogP contribution in [0.25, 0.3) is 0 Å². The van der Waals surface area contributed by atoms with Crippen LogP contribution >= 0.6 is 0 Å². The predicted octanol–water partition coefficient (Wildman–Crippen LogP) is 2.63. The average molecular weight is 378 g/mol. The van der Waals surface area contributed by atoms with E-state index >= 15 is 0 Å². The van der Waals surface area contributed by atoms with Gasteiger partial charge in [-0.3, -0.25) is 0 Å². The van der Waals surface area contributed by atoms with Crippen LogP contribution in [0, 0.1) is 0 Å². The summed E-state index contributed by atoms with van der Waals surface area (Å²) >= 11 is 0. The second-order valence-corrected chi connectivity index (χ2v) is 6.35. The summed E-state index contributed by atoms with van der Waals surface area (Å²) in [5, 5.41) is 2.83. The minimum absolute atomic E-state index is 0.290. The van der Waals surface area contributed by atoms with Crippen LogP contribution in [0.15, 0.2) is 23.4 Å². The second-order valence-electron chi connectivity index (χ2n) is 6.35. The van der Waals surface area contributed by atoms with Crippen LogP contribution in [-0.2, 0) is 9.53 Å². The first-order valence-electron chi connectivity index (χ1n) is 8.51. The van der Waals surface area contributed by atoms with Crippen molar-refractivity contribution in [3.05, 3.63) is 29.0 Å². The molecule has 0 saturated heterocycles. The van der Waals surface area contributed by atoms with Crippen LogP contribution in [0.1, 0.15) is 32.4 Å². The highest BCUT2D eigenvalue weighted by Crippen LogP contribution is 2.42. The van der Waals surface area contributed by atoms with Crippen LogP contribution in [0.2, 0.25) is 0 Å². The molecule has 0 saturated carbocycles. The Labute approximate surface area is 159 Å². The van der Waals surface area contributed by atoms with E-state index in [1.165, 1.54) is 26.2 Å². The molecule has 27 heavy (non-hydrogen) atoms. The molecule has 2 rings (SSSR count). The van der Waals surface area contributed by atoms with E-state index in [1.54, 1.807) is 40.0 Å². The molecule has 1 heterocycles. The first-order chi connectivity index (χ1) is 12.7. The molecular formula is C19H26N2O6. The van der Waals surface area contributed by atoms with E-state index < -0.39 is 12.0 Å². The number of hydrogen-bond acceptors (Lipinski definition) is 6. The van der Waals surface area contributed by atoms with E-state index in [0.717, 1.165) is 0 Å². The molecule has 1 N–H and O–H groups in total. The molecule has 0 spiro atoms. The van der Waals surface area contributed by atoms with Crippen molar-refractivity contribution in [3.8, 4) is 17.2 Å². The average Bonchev–Trinajstić information content (AvgIpc) is 2.63. The lowest BCUT2D eigenvalue weighted by Gasteiger charge is -2.33. The van der Waals surface area contributed by atoms with Crippen molar-refractivity contribution in [2.75, 3.05) is 28.4 Å². The van der Waals surface area contributed by atoms with Crippen molar-refractivity contribution < 1.29 is 28.5 Å². The standard InChI is InChI=1S/C19H26N2O6/c1-10(2)27-18(22)15-11(3)21(4)19(23)20-16(15)12-8-13(24-5)17(26-7)14(9-12)25-6/h8-10,16H,1-7H3,(H,20,23)/t16-/m1/s1. The van der Waals surface area contributed by atoms with Gasteiger partial charge in [-0.1, -0.05) is 0 Å². The lowest BCUT2D eigenvalue weighted by Crippen LogP contribution is -2.46. The molecule has 0 aromatic heterocycles. The number of nitrogens with zero attached hydrogens (tertiary/aromatic N) is 1. The van der Waals surface area contributed by atoms with Gasteiger partial charge in [0.05, 0.1) is 39.0 Å². The van der Waals surface area contributed by atoms with Gasteiger partial charge >= 0.3 is 12.0 Å². The number of ether oxygens (including phenoxy) is 4. The fourth-order valence-electron chi connectivity index (χ4n) is 2.90. The molecule has 1 atom stereocenters. The number of benzene rings is 1.